The Morgan fingerprint density at radius 2 is 1.09 bits per heavy atom. The van der Waals surface area contributed by atoms with Crippen LogP contribution in [-0.2, 0) is 5.75 Å². The van der Waals surface area contributed by atoms with E-state index in [0.29, 0.717) is 21.9 Å². The highest BCUT2D eigenvalue weighted by atomic mass is 32.2. The molecule has 0 saturated carbocycles. The summed E-state index contributed by atoms with van der Waals surface area (Å²) in [5.41, 5.74) is 2.63. The van der Waals surface area contributed by atoms with Crippen LogP contribution in [0.25, 0.3) is 22.4 Å². The zero-order valence-electron chi connectivity index (χ0n) is 23.2. The number of hydrogen-bond donors (Lipinski definition) is 2. The van der Waals surface area contributed by atoms with Crippen LogP contribution in [0.5, 0.6) is 0 Å². The third-order valence-electron chi connectivity index (χ3n) is 7.46. The average Bonchev–Trinajstić information content (AvgIpc) is 3.50. The zero-order valence-corrected chi connectivity index (χ0v) is 24.9. The van der Waals surface area contributed by atoms with Crippen LogP contribution < -0.4 is 26.8 Å². The number of rotatable bonds is 8. The monoisotopic (exact) mass is 595 g/mol. The molecule has 0 unspecified atom stereocenters. The van der Waals surface area contributed by atoms with Crippen molar-refractivity contribution in [1.82, 2.24) is 19.9 Å². The molecule has 5 aromatic carbocycles. The van der Waals surface area contributed by atoms with E-state index in [-0.39, 0.29) is 5.56 Å². The summed E-state index contributed by atoms with van der Waals surface area (Å²) < 4.78 is 0. The predicted octanol–water partition coefficient (Wildman–Crippen LogP) is 6.22. The van der Waals surface area contributed by atoms with Crippen LogP contribution in [-0.4, -0.2) is 19.9 Å². The van der Waals surface area contributed by atoms with Gasteiger partial charge in [-0.05, 0) is 48.5 Å². The van der Waals surface area contributed by atoms with Gasteiger partial charge in [0.05, 0.1) is 16.8 Å². The van der Waals surface area contributed by atoms with Crippen LogP contribution in [0.1, 0.15) is 5.82 Å². The number of imidazole rings is 1. The lowest BCUT2D eigenvalue weighted by Crippen LogP contribution is -2.46. The van der Waals surface area contributed by atoms with Gasteiger partial charge in [0.2, 0.25) is 5.30 Å². The highest BCUT2D eigenvalue weighted by Crippen LogP contribution is 2.54. The van der Waals surface area contributed by atoms with E-state index in [2.05, 4.69) is 82.8 Å². The summed E-state index contributed by atoms with van der Waals surface area (Å²) in [6.45, 7) is 0. The molecule has 0 spiro atoms. The quantitative estimate of drug-likeness (QED) is 0.124. The second kappa shape index (κ2) is 11.8. The van der Waals surface area contributed by atoms with Crippen LogP contribution in [0.4, 0.5) is 0 Å². The molecule has 0 aliphatic carbocycles. The summed E-state index contributed by atoms with van der Waals surface area (Å²) in [5.74, 6) is 1.92. The highest BCUT2D eigenvalue weighted by molar-refractivity contribution is 8.04. The van der Waals surface area contributed by atoms with Crippen molar-refractivity contribution < 1.29 is 0 Å². The Hall–Kier alpha value is -4.77. The zero-order chi connectivity index (χ0) is 29.1. The Balaban J connectivity index is 1.51. The first kappa shape index (κ1) is 27.1. The Labute approximate surface area is 254 Å². The van der Waals surface area contributed by atoms with E-state index in [1.54, 1.807) is 11.8 Å². The third kappa shape index (κ3) is 5.10. The molecular weight excluding hydrogens is 567 g/mol. The number of benzene rings is 5. The molecule has 2 aromatic heterocycles. The van der Waals surface area contributed by atoms with Crippen LogP contribution in [0.3, 0.4) is 0 Å². The van der Waals surface area contributed by atoms with Crippen LogP contribution in [0, 0.1) is 0 Å². The van der Waals surface area contributed by atoms with Crippen molar-refractivity contribution in [2.24, 2.45) is 0 Å². The Kier molecular flexibility index (Phi) is 7.46. The molecule has 0 bridgehead atoms. The van der Waals surface area contributed by atoms with Gasteiger partial charge >= 0.3 is 0 Å². The van der Waals surface area contributed by atoms with Crippen molar-refractivity contribution in [2.45, 2.75) is 10.8 Å². The number of thioether (sulfide) groups is 1. The van der Waals surface area contributed by atoms with E-state index in [0.717, 1.165) is 38.3 Å². The molecule has 7 heteroatoms. The fourth-order valence-electron chi connectivity index (χ4n) is 5.58. The molecule has 0 aliphatic rings. The molecule has 5 nitrogen and oxygen atoms in total. The minimum atomic E-state index is -2.70. The molecule has 208 valence electrons. The summed E-state index contributed by atoms with van der Waals surface area (Å²) in [4.78, 5) is 31.3. The van der Waals surface area contributed by atoms with Crippen molar-refractivity contribution in [1.29, 1.82) is 0 Å². The Bertz CT molecular complexity index is 1920. The minimum absolute atomic E-state index is 0.133. The second-order valence-electron chi connectivity index (χ2n) is 10.1. The number of H-pyrrole nitrogens is 2. The molecule has 2 heterocycles. The molecular formula is C36H28N4OPS+. The molecule has 0 atom stereocenters. The lowest BCUT2D eigenvalue weighted by atomic mass is 10.2. The van der Waals surface area contributed by atoms with E-state index < -0.39 is 7.26 Å². The van der Waals surface area contributed by atoms with Crippen molar-refractivity contribution in [3.8, 4) is 11.4 Å². The fraction of sp³-hybridized carbons (Fsp3) is 0.0278. The van der Waals surface area contributed by atoms with Crippen molar-refractivity contribution >= 4 is 51.3 Å². The van der Waals surface area contributed by atoms with Crippen LogP contribution in [0.15, 0.2) is 155 Å². The summed E-state index contributed by atoms with van der Waals surface area (Å²) in [5, 5.41) is 4.68. The molecule has 0 saturated heterocycles. The SMILES string of the molecule is O=c1[nH]c(-c2ccccc2)nc(SCc2nc3ccccc3[nH]2)c1[P+](c1ccccc1)(c1ccccc1)c1ccccc1. The van der Waals surface area contributed by atoms with Gasteiger partial charge in [0.25, 0.3) is 5.56 Å². The van der Waals surface area contributed by atoms with Gasteiger partial charge in [-0.25, -0.2) is 9.97 Å². The summed E-state index contributed by atoms with van der Waals surface area (Å²) in [6.07, 6.45) is 0. The molecule has 0 amide bonds. The number of para-hydroxylation sites is 2. The van der Waals surface area contributed by atoms with Gasteiger partial charge in [-0.2, -0.15) is 0 Å². The van der Waals surface area contributed by atoms with Crippen LogP contribution in [0.2, 0.25) is 0 Å². The molecule has 0 radical (unpaired) electrons. The maximum atomic E-state index is 14.6. The van der Waals surface area contributed by atoms with Crippen molar-refractivity contribution in [3.63, 3.8) is 0 Å². The van der Waals surface area contributed by atoms with E-state index in [1.807, 2.05) is 72.8 Å². The summed E-state index contributed by atoms with van der Waals surface area (Å²) >= 11 is 1.55. The number of aromatic amines is 2. The first-order valence-corrected chi connectivity index (χ1v) is 16.8. The summed E-state index contributed by atoms with van der Waals surface area (Å²) in [6, 6.07) is 49.1. The number of aromatic nitrogens is 4. The van der Waals surface area contributed by atoms with Gasteiger partial charge < -0.3 is 9.97 Å². The lowest BCUT2D eigenvalue weighted by Gasteiger charge is -2.28. The Morgan fingerprint density at radius 1 is 0.581 bits per heavy atom. The first-order valence-electron chi connectivity index (χ1n) is 14.1. The Morgan fingerprint density at radius 3 is 1.65 bits per heavy atom. The van der Waals surface area contributed by atoms with E-state index >= 15 is 0 Å². The minimum Gasteiger partial charge on any atom is -0.341 e. The maximum Gasteiger partial charge on any atom is 0.296 e. The number of nitrogens with zero attached hydrogens (tertiary/aromatic N) is 2. The van der Waals surface area contributed by atoms with Gasteiger partial charge in [0.1, 0.15) is 32.6 Å². The molecule has 2 N–H and O–H groups in total. The largest absolute Gasteiger partial charge is 0.341 e. The lowest BCUT2D eigenvalue weighted by molar-refractivity contribution is 1.05. The van der Waals surface area contributed by atoms with E-state index in [4.69, 9.17) is 9.97 Å². The molecule has 43 heavy (non-hydrogen) atoms. The molecule has 7 rings (SSSR count). The average molecular weight is 596 g/mol. The topological polar surface area (TPSA) is 74.4 Å². The first-order chi connectivity index (χ1) is 21.2. The van der Waals surface area contributed by atoms with Gasteiger partial charge in [-0.15, -0.1) is 0 Å². The molecule has 7 aromatic rings. The second-order valence-corrected chi connectivity index (χ2v) is 14.4. The van der Waals surface area contributed by atoms with Gasteiger partial charge in [-0.1, -0.05) is 109 Å². The van der Waals surface area contributed by atoms with E-state index in [9.17, 15) is 4.79 Å². The number of hydrogen-bond acceptors (Lipinski definition) is 4. The van der Waals surface area contributed by atoms with Crippen molar-refractivity contribution in [2.75, 3.05) is 0 Å². The van der Waals surface area contributed by atoms with E-state index in [1.165, 1.54) is 0 Å². The molecule has 0 fully saturated rings. The van der Waals surface area contributed by atoms with Crippen LogP contribution >= 0.6 is 19.0 Å². The number of fused-ring (bicyclic) bond motifs is 1. The fourth-order valence-corrected chi connectivity index (χ4v) is 11.2. The normalized spacial score (nSPS) is 11.5. The number of nitrogens with one attached hydrogen (secondary N) is 2. The van der Waals surface area contributed by atoms with Gasteiger partial charge in [0, 0.05) is 5.56 Å². The predicted molar refractivity (Wildman–Crippen MR) is 181 cm³/mol. The van der Waals surface area contributed by atoms with Gasteiger partial charge in [-0.3, -0.25) is 4.79 Å². The maximum absolute atomic E-state index is 14.6. The smallest absolute Gasteiger partial charge is 0.296 e. The van der Waals surface area contributed by atoms with Gasteiger partial charge in [0.15, 0.2) is 7.26 Å². The van der Waals surface area contributed by atoms with Crippen molar-refractivity contribution in [3.05, 3.63) is 162 Å². The standard InChI is InChI=1S/C36H27N4OPS/c41-35-33(42(27-17-7-2-8-18-27,28-19-9-3-10-20-28)29-21-11-4-12-22-29)36(40-34(39-35)26-15-5-1-6-16-26)43-25-32-37-30-23-13-14-24-31(30)38-32/h1-24H,25H2,(H-,37,38,39,40,41)/p+1. The molecule has 0 aliphatic heterocycles. The third-order valence-corrected chi connectivity index (χ3v) is 12.9. The highest BCUT2D eigenvalue weighted by Gasteiger charge is 2.52. The summed E-state index contributed by atoms with van der Waals surface area (Å²) in [7, 11) is -2.70.